The van der Waals surface area contributed by atoms with Crippen molar-refractivity contribution in [2.24, 2.45) is 11.7 Å². The highest BCUT2D eigenvalue weighted by atomic mass is 19.4. The van der Waals surface area contributed by atoms with Gasteiger partial charge in [0.25, 0.3) is 11.9 Å². The van der Waals surface area contributed by atoms with E-state index in [4.69, 9.17) is 5.73 Å². The lowest BCUT2D eigenvalue weighted by Gasteiger charge is -2.20. The molecule has 0 aliphatic carbocycles. The fourth-order valence-electron chi connectivity index (χ4n) is 2.09. The molecule has 0 saturated heterocycles. The molecule has 2 aromatic heterocycles. The molecular formula is C14H21F3N8O. The lowest BCUT2D eigenvalue weighted by Crippen LogP contribution is -2.35. The Balaban J connectivity index is 2.14. The third-order valence-corrected chi connectivity index (χ3v) is 3.89. The molecule has 9 nitrogen and oxygen atoms in total. The number of aromatic nitrogens is 6. The first-order valence-electron chi connectivity index (χ1n) is 7.95. The van der Waals surface area contributed by atoms with Gasteiger partial charge in [0.2, 0.25) is 11.6 Å². The van der Waals surface area contributed by atoms with Crippen LogP contribution in [0.5, 0.6) is 0 Å². The molecule has 0 bridgehead atoms. The van der Waals surface area contributed by atoms with Gasteiger partial charge in [-0.3, -0.25) is 9.89 Å². The van der Waals surface area contributed by atoms with Crippen LogP contribution < -0.4 is 5.73 Å². The standard InChI is InChI=1S/C14H21F3N8O/c1-7(2)9(18)5-6-24(4)11(26)10-19-8(3)25(23-10)13-20-12(21-22-13)14(15,16)17/h7,9H,5-6,18H2,1-4H3,(H,20,21,22). The summed E-state index contributed by atoms with van der Waals surface area (Å²) in [6.07, 6.45) is -4.05. The maximum Gasteiger partial charge on any atom is 0.451 e. The molecule has 12 heteroatoms. The largest absolute Gasteiger partial charge is 0.451 e. The molecule has 2 rings (SSSR count). The number of nitrogens with one attached hydrogen (secondary N) is 1. The minimum atomic E-state index is -4.66. The first kappa shape index (κ1) is 19.8. The average molecular weight is 374 g/mol. The third-order valence-electron chi connectivity index (χ3n) is 3.89. The smallest absolute Gasteiger partial charge is 0.339 e. The quantitative estimate of drug-likeness (QED) is 0.783. The number of hydrogen-bond donors (Lipinski definition) is 2. The van der Waals surface area contributed by atoms with E-state index in [0.717, 1.165) is 4.68 Å². The number of halogens is 3. The van der Waals surface area contributed by atoms with Gasteiger partial charge in [-0.05, 0) is 19.3 Å². The van der Waals surface area contributed by atoms with Crippen molar-refractivity contribution in [2.45, 2.75) is 39.4 Å². The van der Waals surface area contributed by atoms with E-state index in [1.165, 1.54) is 11.8 Å². The SMILES string of the molecule is Cc1nc(C(=O)N(C)CCC(N)C(C)C)nn1-c1n[nH]c(C(F)(F)F)n1. The zero-order valence-electron chi connectivity index (χ0n) is 14.9. The number of hydrogen-bond acceptors (Lipinski definition) is 6. The van der Waals surface area contributed by atoms with Crippen LogP contribution in [-0.2, 0) is 6.18 Å². The molecule has 2 aromatic rings. The summed E-state index contributed by atoms with van der Waals surface area (Å²) in [5, 5.41) is 9.19. The molecule has 3 N–H and O–H groups in total. The molecule has 1 unspecified atom stereocenters. The normalized spacial score (nSPS) is 13.3. The Hall–Kier alpha value is -2.50. The van der Waals surface area contributed by atoms with Crippen molar-refractivity contribution in [1.82, 2.24) is 34.8 Å². The van der Waals surface area contributed by atoms with E-state index >= 15 is 0 Å². The van der Waals surface area contributed by atoms with Crippen LogP contribution in [0, 0.1) is 12.8 Å². The summed E-state index contributed by atoms with van der Waals surface area (Å²) >= 11 is 0. The monoisotopic (exact) mass is 374 g/mol. The van der Waals surface area contributed by atoms with Crippen LogP contribution in [0.25, 0.3) is 5.95 Å². The van der Waals surface area contributed by atoms with Crippen molar-refractivity contribution < 1.29 is 18.0 Å². The number of aryl methyl sites for hydroxylation is 1. The molecule has 144 valence electrons. The molecule has 0 aliphatic heterocycles. The Bertz CT molecular complexity index is 767. The van der Waals surface area contributed by atoms with E-state index < -0.39 is 17.9 Å². The van der Waals surface area contributed by atoms with Gasteiger partial charge in [-0.2, -0.15) is 22.8 Å². The first-order valence-corrected chi connectivity index (χ1v) is 7.95. The van der Waals surface area contributed by atoms with Gasteiger partial charge in [0.1, 0.15) is 5.82 Å². The van der Waals surface area contributed by atoms with Gasteiger partial charge in [-0.25, -0.2) is 4.98 Å². The Labute approximate surface area is 147 Å². The van der Waals surface area contributed by atoms with Crippen molar-refractivity contribution >= 4 is 5.91 Å². The summed E-state index contributed by atoms with van der Waals surface area (Å²) in [6, 6.07) is -0.0495. The maximum atomic E-state index is 12.6. The van der Waals surface area contributed by atoms with Gasteiger partial charge in [0.05, 0.1) is 0 Å². The molecular weight excluding hydrogens is 353 g/mol. The number of nitrogens with two attached hydrogens (primary N) is 1. The van der Waals surface area contributed by atoms with Crippen LogP contribution >= 0.6 is 0 Å². The molecule has 2 heterocycles. The van der Waals surface area contributed by atoms with Gasteiger partial charge >= 0.3 is 6.18 Å². The summed E-state index contributed by atoms with van der Waals surface area (Å²) < 4.78 is 38.8. The van der Waals surface area contributed by atoms with Crippen LogP contribution in [0.1, 0.15) is 42.5 Å². The number of amides is 1. The van der Waals surface area contributed by atoms with Crippen LogP contribution in [-0.4, -0.2) is 60.4 Å². The molecule has 0 radical (unpaired) electrons. The number of rotatable bonds is 6. The zero-order chi connectivity index (χ0) is 19.6. The maximum absolute atomic E-state index is 12.6. The number of nitrogens with zero attached hydrogens (tertiary/aromatic N) is 6. The Morgan fingerprint density at radius 1 is 1.35 bits per heavy atom. The van der Waals surface area contributed by atoms with Gasteiger partial charge in [0, 0.05) is 19.6 Å². The fraction of sp³-hybridized carbons (Fsp3) is 0.643. The second-order valence-electron chi connectivity index (χ2n) is 6.30. The molecule has 0 aliphatic rings. The molecule has 0 spiro atoms. The summed E-state index contributed by atoms with van der Waals surface area (Å²) in [4.78, 5) is 21.2. The van der Waals surface area contributed by atoms with Gasteiger partial charge in [0.15, 0.2) is 0 Å². The minimum absolute atomic E-state index is 0.0495. The zero-order valence-corrected chi connectivity index (χ0v) is 14.9. The lowest BCUT2D eigenvalue weighted by atomic mass is 10.0. The third kappa shape index (κ3) is 4.36. The molecule has 0 aromatic carbocycles. The number of aromatic amines is 1. The topological polar surface area (TPSA) is 119 Å². The second-order valence-corrected chi connectivity index (χ2v) is 6.30. The van der Waals surface area contributed by atoms with Crippen molar-refractivity contribution in [3.05, 3.63) is 17.5 Å². The Morgan fingerprint density at radius 3 is 2.54 bits per heavy atom. The molecule has 1 atom stereocenters. The van der Waals surface area contributed by atoms with Crippen molar-refractivity contribution in [3.8, 4) is 5.95 Å². The highest BCUT2D eigenvalue weighted by Gasteiger charge is 2.36. The first-order chi connectivity index (χ1) is 12.0. The van der Waals surface area contributed by atoms with Crippen LogP contribution in [0.2, 0.25) is 0 Å². The highest BCUT2D eigenvalue weighted by Crippen LogP contribution is 2.26. The number of alkyl halides is 3. The van der Waals surface area contributed by atoms with E-state index in [-0.39, 0.29) is 29.6 Å². The van der Waals surface area contributed by atoms with Crippen molar-refractivity contribution in [2.75, 3.05) is 13.6 Å². The number of H-pyrrole nitrogens is 1. The van der Waals surface area contributed by atoms with Crippen molar-refractivity contribution in [3.63, 3.8) is 0 Å². The molecule has 26 heavy (non-hydrogen) atoms. The average Bonchev–Trinajstić information content (AvgIpc) is 3.17. The van der Waals surface area contributed by atoms with E-state index in [1.807, 2.05) is 13.8 Å². The van der Waals surface area contributed by atoms with Gasteiger partial charge < -0.3 is 10.6 Å². The summed E-state index contributed by atoms with van der Waals surface area (Å²) in [5.74, 6) is -1.74. The number of carbonyl (C=O) groups excluding carboxylic acids is 1. The lowest BCUT2D eigenvalue weighted by molar-refractivity contribution is -0.144. The molecule has 0 fully saturated rings. The predicted octanol–water partition coefficient (Wildman–Crippen LogP) is 1.16. The summed E-state index contributed by atoms with van der Waals surface area (Å²) in [5.41, 5.74) is 5.96. The van der Waals surface area contributed by atoms with E-state index in [2.05, 4.69) is 20.2 Å². The van der Waals surface area contributed by atoms with E-state index in [1.54, 1.807) is 12.1 Å². The van der Waals surface area contributed by atoms with Crippen molar-refractivity contribution in [1.29, 1.82) is 0 Å². The molecule has 1 amide bonds. The second kappa shape index (κ2) is 7.40. The van der Waals surface area contributed by atoms with Crippen LogP contribution in [0.15, 0.2) is 0 Å². The Morgan fingerprint density at radius 2 is 2.00 bits per heavy atom. The highest BCUT2D eigenvalue weighted by molar-refractivity contribution is 5.90. The number of carbonyl (C=O) groups is 1. The van der Waals surface area contributed by atoms with Gasteiger partial charge in [-0.15, -0.1) is 10.2 Å². The summed E-state index contributed by atoms with van der Waals surface area (Å²) in [6.45, 7) is 5.88. The van der Waals surface area contributed by atoms with Crippen LogP contribution in [0.3, 0.4) is 0 Å². The minimum Gasteiger partial charge on any atom is -0.339 e. The predicted molar refractivity (Wildman–Crippen MR) is 85.4 cm³/mol. The summed E-state index contributed by atoms with van der Waals surface area (Å²) in [7, 11) is 1.58. The molecule has 0 saturated carbocycles. The fourth-order valence-corrected chi connectivity index (χ4v) is 2.09. The Kier molecular flexibility index (Phi) is 5.64. The van der Waals surface area contributed by atoms with Crippen LogP contribution in [0.4, 0.5) is 13.2 Å². The van der Waals surface area contributed by atoms with Gasteiger partial charge in [-0.1, -0.05) is 13.8 Å². The van der Waals surface area contributed by atoms with E-state index in [0.29, 0.717) is 13.0 Å². The van der Waals surface area contributed by atoms with E-state index in [9.17, 15) is 18.0 Å².